The van der Waals surface area contributed by atoms with Gasteiger partial charge in [0.15, 0.2) is 16.6 Å². The Morgan fingerprint density at radius 3 is 2.00 bits per heavy atom. The molecular formula is C25H44ClNO3Si2. The second-order valence-electron chi connectivity index (χ2n) is 11.4. The summed E-state index contributed by atoms with van der Waals surface area (Å²) in [7, 11) is -4.13. The summed E-state index contributed by atoms with van der Waals surface area (Å²) in [6, 6.07) is 8.95. The zero-order chi connectivity index (χ0) is 24.8. The van der Waals surface area contributed by atoms with Crippen molar-refractivity contribution in [1.82, 2.24) is 5.32 Å². The predicted molar refractivity (Wildman–Crippen MR) is 143 cm³/mol. The van der Waals surface area contributed by atoms with Gasteiger partial charge in [0, 0.05) is 11.4 Å². The molecule has 182 valence electrons. The van der Waals surface area contributed by atoms with Gasteiger partial charge in [-0.3, -0.25) is 4.79 Å². The number of amides is 1. The predicted octanol–water partition coefficient (Wildman–Crippen LogP) is 6.99. The molecule has 32 heavy (non-hydrogen) atoms. The number of nitrogens with one attached hydrogen (secondary N) is 1. The number of alkyl halides is 1. The molecular weight excluding hydrogens is 454 g/mol. The van der Waals surface area contributed by atoms with Gasteiger partial charge in [-0.25, -0.2) is 0 Å². The Bertz CT molecular complexity index is 753. The van der Waals surface area contributed by atoms with Crippen molar-refractivity contribution in [1.29, 1.82) is 0 Å². The first kappa shape index (κ1) is 29.1. The van der Waals surface area contributed by atoms with Crippen LogP contribution in [0.5, 0.6) is 0 Å². The van der Waals surface area contributed by atoms with Crippen LogP contribution in [0.3, 0.4) is 0 Å². The first-order chi connectivity index (χ1) is 14.5. The van der Waals surface area contributed by atoms with Gasteiger partial charge in [0.25, 0.3) is 5.91 Å². The first-order valence-corrected chi connectivity index (χ1v) is 17.8. The third-order valence-electron chi connectivity index (χ3n) is 6.83. The van der Waals surface area contributed by atoms with Gasteiger partial charge < -0.3 is 14.2 Å². The fourth-order valence-corrected chi connectivity index (χ4v) is 4.94. The number of allylic oxidation sites excluding steroid dienone is 1. The molecule has 0 radical (unpaired) electrons. The van der Waals surface area contributed by atoms with E-state index in [0.717, 1.165) is 0 Å². The summed E-state index contributed by atoms with van der Waals surface area (Å²) in [4.78, 5) is 13.1. The van der Waals surface area contributed by atoms with Gasteiger partial charge in [-0.2, -0.15) is 0 Å². The van der Waals surface area contributed by atoms with Gasteiger partial charge in [-0.15, -0.1) is 11.6 Å². The molecule has 1 aromatic rings. The summed E-state index contributed by atoms with van der Waals surface area (Å²) in [6.07, 6.45) is 3.55. The van der Waals surface area contributed by atoms with E-state index in [-0.39, 0.29) is 28.1 Å². The van der Waals surface area contributed by atoms with Gasteiger partial charge in [-0.05, 0) is 48.4 Å². The average molecular weight is 498 g/mol. The minimum atomic E-state index is -2.11. The average Bonchev–Trinajstić information content (AvgIpc) is 2.67. The molecule has 0 saturated carbocycles. The Labute approximate surface area is 203 Å². The molecule has 0 saturated heterocycles. The Balaban J connectivity index is 3.27. The maximum Gasteiger partial charge on any atom is 0.251 e. The van der Waals surface area contributed by atoms with Crippen LogP contribution in [0.15, 0.2) is 42.5 Å². The Kier molecular flexibility index (Phi) is 10.4. The lowest BCUT2D eigenvalue weighted by Gasteiger charge is -2.42. The monoisotopic (exact) mass is 497 g/mol. The zero-order valence-corrected chi connectivity index (χ0v) is 24.5. The number of carbonyl (C=O) groups is 1. The van der Waals surface area contributed by atoms with Crippen molar-refractivity contribution >= 4 is 34.1 Å². The molecule has 0 aliphatic heterocycles. The number of benzene rings is 1. The molecule has 0 spiro atoms. The summed E-state index contributed by atoms with van der Waals surface area (Å²) in [5.41, 5.74) is 0.622. The molecule has 0 bridgehead atoms. The van der Waals surface area contributed by atoms with E-state index in [1.165, 1.54) is 0 Å². The molecule has 1 amide bonds. The van der Waals surface area contributed by atoms with Crippen molar-refractivity contribution < 1.29 is 13.6 Å². The van der Waals surface area contributed by atoms with E-state index in [1.807, 2.05) is 42.5 Å². The molecule has 0 unspecified atom stereocenters. The highest BCUT2D eigenvalue weighted by molar-refractivity contribution is 6.74. The minimum Gasteiger partial charge on any atom is -0.415 e. The molecule has 1 rings (SSSR count). The molecule has 0 aromatic heterocycles. The van der Waals surface area contributed by atoms with E-state index in [1.54, 1.807) is 0 Å². The standard InChI is InChI=1S/C25H44ClNO3Si2/c1-24(2,3)31(7,8)29-19-21(27-23(28)20-15-12-11-13-16-20)22(17-14-18-26)30-32(9,10)25(4,5)6/h11-17,21-22H,18-19H2,1-10H3,(H,27,28)/b17-14+/t21-,22-/m0/s1. The highest BCUT2D eigenvalue weighted by Crippen LogP contribution is 2.39. The molecule has 0 aliphatic rings. The van der Waals surface area contributed by atoms with Crippen LogP contribution in [-0.2, 0) is 8.85 Å². The van der Waals surface area contributed by atoms with Crippen LogP contribution in [-0.4, -0.2) is 47.2 Å². The molecule has 0 fully saturated rings. The SMILES string of the molecule is CC(C)(C)[Si](C)(C)OC[C@H](NC(=O)c1ccccc1)[C@H](/C=C/CCl)O[Si](C)(C)C(C)(C)C. The molecule has 2 atom stereocenters. The smallest absolute Gasteiger partial charge is 0.251 e. The molecule has 1 N–H and O–H groups in total. The second-order valence-corrected chi connectivity index (χ2v) is 21.3. The molecule has 7 heteroatoms. The quantitative estimate of drug-likeness (QED) is 0.215. The van der Waals surface area contributed by atoms with Crippen molar-refractivity contribution in [3.8, 4) is 0 Å². The zero-order valence-electron chi connectivity index (χ0n) is 21.7. The highest BCUT2D eigenvalue weighted by Gasteiger charge is 2.42. The fraction of sp³-hybridized carbons (Fsp3) is 0.640. The molecule has 4 nitrogen and oxygen atoms in total. The summed E-state index contributed by atoms with van der Waals surface area (Å²) < 4.78 is 13.3. The second kappa shape index (κ2) is 11.5. The van der Waals surface area contributed by atoms with Gasteiger partial charge in [-0.1, -0.05) is 71.9 Å². The lowest BCUT2D eigenvalue weighted by Crippen LogP contribution is -2.54. The van der Waals surface area contributed by atoms with Gasteiger partial charge in [0.2, 0.25) is 0 Å². The van der Waals surface area contributed by atoms with E-state index >= 15 is 0 Å². The van der Waals surface area contributed by atoms with Crippen LogP contribution in [0.2, 0.25) is 36.3 Å². The van der Waals surface area contributed by atoms with E-state index in [0.29, 0.717) is 18.1 Å². The van der Waals surface area contributed by atoms with Crippen LogP contribution in [0.4, 0.5) is 0 Å². The number of halogens is 1. The first-order valence-electron chi connectivity index (χ1n) is 11.4. The van der Waals surface area contributed by atoms with Crippen LogP contribution in [0.25, 0.3) is 0 Å². The number of hydrogen-bond donors (Lipinski definition) is 1. The summed E-state index contributed by atoms with van der Waals surface area (Å²) >= 11 is 5.98. The number of hydrogen-bond acceptors (Lipinski definition) is 3. The maximum absolute atomic E-state index is 13.1. The maximum atomic E-state index is 13.1. The van der Waals surface area contributed by atoms with Crippen LogP contribution in [0.1, 0.15) is 51.9 Å². The van der Waals surface area contributed by atoms with Crippen molar-refractivity contribution in [3.63, 3.8) is 0 Å². The summed E-state index contributed by atoms with van der Waals surface area (Å²) in [6.45, 7) is 22.6. The van der Waals surface area contributed by atoms with Gasteiger partial charge in [0.05, 0.1) is 18.8 Å². The van der Waals surface area contributed by atoms with E-state index in [4.69, 9.17) is 20.5 Å². The summed E-state index contributed by atoms with van der Waals surface area (Å²) in [5, 5.41) is 3.31. The fourth-order valence-electron chi connectivity index (χ4n) is 2.53. The van der Waals surface area contributed by atoms with E-state index in [9.17, 15) is 4.79 Å². The highest BCUT2D eigenvalue weighted by atomic mass is 35.5. The number of rotatable bonds is 10. The van der Waals surface area contributed by atoms with E-state index < -0.39 is 16.6 Å². The molecule has 0 heterocycles. The third kappa shape index (κ3) is 8.45. The number of carbonyl (C=O) groups excluding carboxylic acids is 1. The largest absolute Gasteiger partial charge is 0.415 e. The van der Waals surface area contributed by atoms with E-state index in [2.05, 4.69) is 73.0 Å². The van der Waals surface area contributed by atoms with Gasteiger partial charge >= 0.3 is 0 Å². The lowest BCUT2D eigenvalue weighted by atomic mass is 10.1. The van der Waals surface area contributed by atoms with Crippen molar-refractivity contribution in [2.24, 2.45) is 0 Å². The van der Waals surface area contributed by atoms with Gasteiger partial charge in [0.1, 0.15) is 0 Å². The lowest BCUT2D eigenvalue weighted by molar-refractivity contribution is 0.0833. The topological polar surface area (TPSA) is 47.6 Å². The Morgan fingerprint density at radius 1 is 1.00 bits per heavy atom. The Morgan fingerprint density at radius 2 is 1.53 bits per heavy atom. The summed E-state index contributed by atoms with van der Waals surface area (Å²) in [5.74, 6) is 0.261. The van der Waals surface area contributed by atoms with Crippen molar-refractivity contribution in [2.75, 3.05) is 12.5 Å². The third-order valence-corrected chi connectivity index (χ3v) is 16.0. The normalized spacial score (nSPS) is 15.6. The Hall–Kier alpha value is -0.926. The molecule has 1 aromatic carbocycles. The van der Waals surface area contributed by atoms with Crippen LogP contribution in [0, 0.1) is 0 Å². The van der Waals surface area contributed by atoms with Crippen molar-refractivity contribution in [2.45, 2.75) is 90.0 Å². The molecule has 0 aliphatic carbocycles. The van der Waals surface area contributed by atoms with Crippen LogP contribution >= 0.6 is 11.6 Å². The van der Waals surface area contributed by atoms with Crippen molar-refractivity contribution in [3.05, 3.63) is 48.0 Å². The minimum absolute atomic E-state index is 0.0360. The van der Waals surface area contributed by atoms with Crippen LogP contribution < -0.4 is 5.32 Å².